The first-order valence-corrected chi connectivity index (χ1v) is 5.78. The van der Waals surface area contributed by atoms with Crippen molar-refractivity contribution in [2.75, 3.05) is 25.5 Å². The first-order chi connectivity index (χ1) is 7.69. The highest BCUT2D eigenvalue weighted by Crippen LogP contribution is 2.26. The Balaban J connectivity index is 2.61. The molecule has 0 aliphatic heterocycles. The largest absolute Gasteiger partial charge is 0.496 e. The molecule has 0 amide bonds. The lowest BCUT2D eigenvalue weighted by atomic mass is 10.1. The van der Waals surface area contributed by atoms with Gasteiger partial charge in [-0.1, -0.05) is 0 Å². The lowest BCUT2D eigenvalue weighted by molar-refractivity contribution is 0.408. The van der Waals surface area contributed by atoms with Crippen LogP contribution in [0.5, 0.6) is 5.75 Å². The van der Waals surface area contributed by atoms with E-state index in [1.807, 2.05) is 0 Å². The summed E-state index contributed by atoms with van der Waals surface area (Å²) in [4.78, 5) is 0. The highest BCUT2D eigenvalue weighted by Gasteiger charge is 2.04. The number of ether oxygens (including phenoxy) is 1. The Morgan fingerprint density at radius 1 is 1.19 bits per heavy atom. The highest BCUT2D eigenvalue weighted by molar-refractivity contribution is 5.55. The van der Waals surface area contributed by atoms with Crippen LogP contribution in [0.1, 0.15) is 24.0 Å². The van der Waals surface area contributed by atoms with Crippen LogP contribution in [0, 0.1) is 13.8 Å². The second-order valence-corrected chi connectivity index (χ2v) is 4.07. The smallest absolute Gasteiger partial charge is 0.124 e. The van der Waals surface area contributed by atoms with Crippen molar-refractivity contribution in [3.63, 3.8) is 0 Å². The number of anilines is 1. The van der Waals surface area contributed by atoms with Gasteiger partial charge in [-0.05, 0) is 56.5 Å². The van der Waals surface area contributed by atoms with Crippen LogP contribution >= 0.6 is 0 Å². The fourth-order valence-corrected chi connectivity index (χ4v) is 1.88. The summed E-state index contributed by atoms with van der Waals surface area (Å²) in [7, 11) is 1.71. The fraction of sp³-hybridized carbons (Fsp3) is 0.538. The number of benzene rings is 1. The molecule has 3 heteroatoms. The van der Waals surface area contributed by atoms with Gasteiger partial charge < -0.3 is 15.8 Å². The summed E-state index contributed by atoms with van der Waals surface area (Å²) in [6.45, 7) is 5.87. The van der Waals surface area contributed by atoms with E-state index in [1.54, 1.807) is 7.11 Å². The predicted octanol–water partition coefficient (Wildman–Crippen LogP) is 2.46. The zero-order valence-corrected chi connectivity index (χ0v) is 10.5. The maximum atomic E-state index is 5.45. The van der Waals surface area contributed by atoms with Gasteiger partial charge in [0.2, 0.25) is 0 Å². The third kappa shape index (κ3) is 3.42. The standard InChI is InChI=1S/C13H22N2O/c1-10-8-12(15-7-5-4-6-14)9-11(2)13(10)16-3/h8-9,15H,4-7,14H2,1-3H3. The number of methoxy groups -OCH3 is 1. The Bertz CT molecular complexity index is 314. The van der Waals surface area contributed by atoms with Gasteiger partial charge in [-0.25, -0.2) is 0 Å². The maximum Gasteiger partial charge on any atom is 0.124 e. The molecule has 0 aliphatic rings. The monoisotopic (exact) mass is 222 g/mol. The Labute approximate surface area is 98.0 Å². The van der Waals surface area contributed by atoms with Crippen LogP contribution in [0.25, 0.3) is 0 Å². The van der Waals surface area contributed by atoms with Crippen LogP contribution in [-0.4, -0.2) is 20.2 Å². The molecule has 0 heterocycles. The summed E-state index contributed by atoms with van der Waals surface area (Å²) in [5.74, 6) is 0.979. The molecule has 0 saturated carbocycles. The SMILES string of the molecule is COc1c(C)cc(NCCCCN)cc1C. The molecule has 1 rings (SSSR count). The zero-order chi connectivity index (χ0) is 12.0. The molecule has 0 aliphatic carbocycles. The third-order valence-corrected chi connectivity index (χ3v) is 2.62. The Morgan fingerprint density at radius 3 is 2.31 bits per heavy atom. The van der Waals surface area contributed by atoms with Crippen molar-refractivity contribution in [1.29, 1.82) is 0 Å². The van der Waals surface area contributed by atoms with E-state index in [4.69, 9.17) is 10.5 Å². The lowest BCUT2D eigenvalue weighted by Crippen LogP contribution is -2.06. The number of nitrogens with one attached hydrogen (secondary N) is 1. The van der Waals surface area contributed by atoms with E-state index in [1.165, 1.54) is 11.1 Å². The number of rotatable bonds is 6. The lowest BCUT2D eigenvalue weighted by Gasteiger charge is -2.12. The van der Waals surface area contributed by atoms with Gasteiger partial charge in [0, 0.05) is 12.2 Å². The van der Waals surface area contributed by atoms with Crippen molar-refractivity contribution in [3.05, 3.63) is 23.3 Å². The molecule has 1 aromatic rings. The average Bonchev–Trinajstić information content (AvgIpc) is 2.24. The number of hydrogen-bond donors (Lipinski definition) is 2. The van der Waals surface area contributed by atoms with Gasteiger partial charge in [-0.2, -0.15) is 0 Å². The Kier molecular flexibility index (Phi) is 5.12. The number of nitrogens with two attached hydrogens (primary N) is 1. The minimum absolute atomic E-state index is 0.766. The molecular weight excluding hydrogens is 200 g/mol. The average molecular weight is 222 g/mol. The van der Waals surface area contributed by atoms with Crippen molar-refractivity contribution in [2.24, 2.45) is 5.73 Å². The minimum atomic E-state index is 0.766. The second kappa shape index (κ2) is 6.38. The van der Waals surface area contributed by atoms with Crippen molar-refractivity contribution >= 4 is 5.69 Å². The number of unbranched alkanes of at least 4 members (excludes halogenated alkanes) is 1. The van der Waals surface area contributed by atoms with Crippen LogP contribution in [-0.2, 0) is 0 Å². The molecule has 0 saturated heterocycles. The van der Waals surface area contributed by atoms with E-state index in [2.05, 4.69) is 31.3 Å². The van der Waals surface area contributed by atoms with E-state index >= 15 is 0 Å². The first-order valence-electron chi connectivity index (χ1n) is 5.78. The topological polar surface area (TPSA) is 47.3 Å². The Hall–Kier alpha value is -1.22. The first kappa shape index (κ1) is 12.8. The van der Waals surface area contributed by atoms with E-state index in [9.17, 15) is 0 Å². The summed E-state index contributed by atoms with van der Waals surface area (Å²) >= 11 is 0. The molecule has 0 aromatic heterocycles. The van der Waals surface area contributed by atoms with Gasteiger partial charge in [-0.15, -0.1) is 0 Å². The number of aryl methyl sites for hydroxylation is 2. The molecule has 0 atom stereocenters. The van der Waals surface area contributed by atoms with Gasteiger partial charge in [-0.3, -0.25) is 0 Å². The Morgan fingerprint density at radius 2 is 1.81 bits per heavy atom. The molecule has 3 nitrogen and oxygen atoms in total. The van der Waals surface area contributed by atoms with Crippen molar-refractivity contribution in [1.82, 2.24) is 0 Å². The predicted molar refractivity (Wildman–Crippen MR) is 69.2 cm³/mol. The van der Waals surface area contributed by atoms with E-state index < -0.39 is 0 Å². The van der Waals surface area contributed by atoms with Crippen molar-refractivity contribution in [2.45, 2.75) is 26.7 Å². The summed E-state index contributed by atoms with van der Waals surface area (Å²) in [6.07, 6.45) is 2.18. The van der Waals surface area contributed by atoms with E-state index in [0.29, 0.717) is 0 Å². The minimum Gasteiger partial charge on any atom is -0.496 e. The van der Waals surface area contributed by atoms with E-state index in [-0.39, 0.29) is 0 Å². The van der Waals surface area contributed by atoms with Crippen LogP contribution in [0.2, 0.25) is 0 Å². The molecule has 0 bridgehead atoms. The molecule has 3 N–H and O–H groups in total. The second-order valence-electron chi connectivity index (χ2n) is 4.07. The zero-order valence-electron chi connectivity index (χ0n) is 10.5. The normalized spacial score (nSPS) is 10.2. The molecule has 0 fully saturated rings. The summed E-state index contributed by atoms with van der Waals surface area (Å²) in [5.41, 5.74) is 8.95. The van der Waals surface area contributed by atoms with Crippen LogP contribution in [0.15, 0.2) is 12.1 Å². The van der Waals surface area contributed by atoms with Gasteiger partial charge >= 0.3 is 0 Å². The van der Waals surface area contributed by atoms with Crippen molar-refractivity contribution < 1.29 is 4.74 Å². The molecule has 16 heavy (non-hydrogen) atoms. The summed E-state index contributed by atoms with van der Waals surface area (Å²) in [5, 5.41) is 3.40. The van der Waals surface area contributed by atoms with Gasteiger partial charge in [0.25, 0.3) is 0 Å². The molecule has 0 spiro atoms. The van der Waals surface area contributed by atoms with Crippen LogP contribution < -0.4 is 15.8 Å². The molecular formula is C13H22N2O. The maximum absolute atomic E-state index is 5.45. The third-order valence-electron chi connectivity index (χ3n) is 2.62. The quantitative estimate of drug-likeness (QED) is 0.727. The van der Waals surface area contributed by atoms with Gasteiger partial charge in [0.15, 0.2) is 0 Å². The summed E-state index contributed by atoms with van der Waals surface area (Å²) in [6, 6.07) is 4.24. The fourth-order valence-electron chi connectivity index (χ4n) is 1.88. The van der Waals surface area contributed by atoms with Crippen molar-refractivity contribution in [3.8, 4) is 5.75 Å². The molecule has 0 unspecified atom stereocenters. The molecule has 0 radical (unpaired) electrons. The van der Waals surface area contributed by atoms with Gasteiger partial charge in [0.1, 0.15) is 5.75 Å². The van der Waals surface area contributed by atoms with Gasteiger partial charge in [0.05, 0.1) is 7.11 Å². The molecule has 90 valence electrons. The van der Waals surface area contributed by atoms with Crippen LogP contribution in [0.3, 0.4) is 0 Å². The van der Waals surface area contributed by atoms with E-state index in [0.717, 1.165) is 37.4 Å². The highest BCUT2D eigenvalue weighted by atomic mass is 16.5. The molecule has 1 aromatic carbocycles. The summed E-state index contributed by atoms with van der Waals surface area (Å²) < 4.78 is 5.33. The number of hydrogen-bond acceptors (Lipinski definition) is 3. The van der Waals surface area contributed by atoms with Crippen LogP contribution in [0.4, 0.5) is 5.69 Å².